The Morgan fingerprint density at radius 3 is 2.95 bits per heavy atom. The Balaban J connectivity index is 1.65. The van der Waals surface area contributed by atoms with E-state index >= 15 is 0 Å². The number of halogens is 1. The molecule has 0 saturated heterocycles. The van der Waals surface area contributed by atoms with E-state index in [1.165, 1.54) is 11.3 Å². The van der Waals surface area contributed by atoms with Gasteiger partial charge in [-0.3, -0.25) is 9.78 Å². The molecule has 4 nitrogen and oxygen atoms in total. The van der Waals surface area contributed by atoms with E-state index in [2.05, 4.69) is 15.3 Å². The summed E-state index contributed by atoms with van der Waals surface area (Å²) in [4.78, 5) is 20.6. The first-order valence-electron chi connectivity index (χ1n) is 6.61. The van der Waals surface area contributed by atoms with Gasteiger partial charge >= 0.3 is 0 Å². The Hall–Kier alpha value is -2.24. The lowest BCUT2D eigenvalue weighted by Crippen LogP contribution is -2.22. The largest absolute Gasteiger partial charge is 0.346 e. The molecule has 0 aliphatic rings. The average molecular weight is 330 g/mol. The number of hydrogen-bond acceptors (Lipinski definition) is 4. The summed E-state index contributed by atoms with van der Waals surface area (Å²) in [7, 11) is 0. The summed E-state index contributed by atoms with van der Waals surface area (Å²) in [6.07, 6.45) is 3.50. The molecule has 1 aromatic carbocycles. The van der Waals surface area contributed by atoms with Crippen molar-refractivity contribution in [2.75, 3.05) is 0 Å². The zero-order chi connectivity index (χ0) is 15.4. The van der Waals surface area contributed by atoms with Gasteiger partial charge in [0.2, 0.25) is 0 Å². The van der Waals surface area contributed by atoms with Gasteiger partial charge in [-0.1, -0.05) is 17.7 Å². The van der Waals surface area contributed by atoms with Crippen molar-refractivity contribution in [3.8, 4) is 10.6 Å². The van der Waals surface area contributed by atoms with Crippen LogP contribution in [0.3, 0.4) is 0 Å². The second-order valence-electron chi connectivity index (χ2n) is 4.58. The molecular weight excluding hydrogens is 318 g/mol. The quantitative estimate of drug-likeness (QED) is 0.792. The smallest absolute Gasteiger partial charge is 0.251 e. The molecule has 0 radical (unpaired) electrons. The predicted octanol–water partition coefficient (Wildman–Crippen LogP) is 3.79. The van der Waals surface area contributed by atoms with E-state index in [-0.39, 0.29) is 5.91 Å². The van der Waals surface area contributed by atoms with Gasteiger partial charge in [-0.25, -0.2) is 4.98 Å². The van der Waals surface area contributed by atoms with Gasteiger partial charge in [0.15, 0.2) is 0 Å². The highest BCUT2D eigenvalue weighted by Crippen LogP contribution is 2.22. The molecule has 22 heavy (non-hydrogen) atoms. The van der Waals surface area contributed by atoms with Crippen molar-refractivity contribution in [1.82, 2.24) is 15.3 Å². The molecule has 2 aromatic heterocycles. The number of thiazole rings is 1. The third-order valence-electron chi connectivity index (χ3n) is 2.98. The second-order valence-corrected chi connectivity index (χ2v) is 5.87. The van der Waals surface area contributed by atoms with Crippen LogP contribution >= 0.6 is 22.9 Å². The van der Waals surface area contributed by atoms with Crippen molar-refractivity contribution >= 4 is 28.8 Å². The number of nitrogens with one attached hydrogen (secondary N) is 1. The molecule has 1 amide bonds. The molecule has 3 rings (SSSR count). The SMILES string of the molecule is O=C(NCc1csc(-c2cccnc2)n1)c1cccc(Cl)c1. The summed E-state index contributed by atoms with van der Waals surface area (Å²) in [5.41, 5.74) is 2.33. The minimum absolute atomic E-state index is 0.168. The fourth-order valence-electron chi connectivity index (χ4n) is 1.91. The monoisotopic (exact) mass is 329 g/mol. The Morgan fingerprint density at radius 2 is 2.18 bits per heavy atom. The van der Waals surface area contributed by atoms with Gasteiger partial charge < -0.3 is 5.32 Å². The van der Waals surface area contributed by atoms with Crippen LogP contribution in [-0.4, -0.2) is 15.9 Å². The molecule has 3 aromatic rings. The fourth-order valence-corrected chi connectivity index (χ4v) is 2.91. The molecule has 0 bridgehead atoms. The first-order valence-corrected chi connectivity index (χ1v) is 7.87. The Labute approximate surface area is 136 Å². The zero-order valence-electron chi connectivity index (χ0n) is 11.5. The molecular formula is C16H12ClN3OS. The molecule has 0 aliphatic carbocycles. The van der Waals surface area contributed by atoms with Gasteiger partial charge in [-0.05, 0) is 30.3 Å². The Kier molecular flexibility index (Phi) is 4.46. The first-order chi connectivity index (χ1) is 10.7. The lowest BCUT2D eigenvalue weighted by molar-refractivity contribution is 0.0950. The minimum Gasteiger partial charge on any atom is -0.346 e. The average Bonchev–Trinajstić information content (AvgIpc) is 3.02. The lowest BCUT2D eigenvalue weighted by atomic mass is 10.2. The molecule has 0 fully saturated rings. The van der Waals surface area contributed by atoms with Gasteiger partial charge in [-0.15, -0.1) is 11.3 Å². The van der Waals surface area contributed by atoms with Crippen LogP contribution < -0.4 is 5.32 Å². The van der Waals surface area contributed by atoms with Crippen molar-refractivity contribution in [2.45, 2.75) is 6.54 Å². The Morgan fingerprint density at radius 1 is 1.27 bits per heavy atom. The number of rotatable bonds is 4. The van der Waals surface area contributed by atoms with Crippen LogP contribution in [0.4, 0.5) is 0 Å². The van der Waals surface area contributed by atoms with Gasteiger partial charge in [0.25, 0.3) is 5.91 Å². The van der Waals surface area contributed by atoms with Crippen LogP contribution in [0, 0.1) is 0 Å². The number of pyridine rings is 1. The molecule has 0 spiro atoms. The summed E-state index contributed by atoms with van der Waals surface area (Å²) in [5.74, 6) is -0.168. The maximum absolute atomic E-state index is 12.0. The summed E-state index contributed by atoms with van der Waals surface area (Å²) in [6, 6.07) is 10.7. The number of benzene rings is 1. The third-order valence-corrected chi connectivity index (χ3v) is 4.15. The standard InChI is InChI=1S/C16H12ClN3OS/c17-13-5-1-3-11(7-13)15(21)19-9-14-10-22-16(20-14)12-4-2-6-18-8-12/h1-8,10H,9H2,(H,19,21). The number of hydrogen-bond donors (Lipinski definition) is 1. The number of nitrogens with zero attached hydrogens (tertiary/aromatic N) is 2. The van der Waals surface area contributed by atoms with Crippen LogP contribution in [-0.2, 0) is 6.54 Å². The highest BCUT2D eigenvalue weighted by Gasteiger charge is 2.08. The number of carbonyl (C=O) groups is 1. The van der Waals surface area contributed by atoms with Crippen LogP contribution in [0.15, 0.2) is 54.2 Å². The number of carbonyl (C=O) groups excluding carboxylic acids is 1. The van der Waals surface area contributed by atoms with Crippen LogP contribution in [0.25, 0.3) is 10.6 Å². The highest BCUT2D eigenvalue weighted by molar-refractivity contribution is 7.13. The maximum Gasteiger partial charge on any atom is 0.251 e. The van der Waals surface area contributed by atoms with E-state index in [0.29, 0.717) is 17.1 Å². The molecule has 0 atom stereocenters. The van der Waals surface area contributed by atoms with Gasteiger partial charge in [0, 0.05) is 33.9 Å². The van der Waals surface area contributed by atoms with Crippen molar-refractivity contribution in [3.05, 3.63) is 70.5 Å². The molecule has 0 unspecified atom stereocenters. The maximum atomic E-state index is 12.0. The zero-order valence-corrected chi connectivity index (χ0v) is 13.1. The summed E-state index contributed by atoms with van der Waals surface area (Å²) in [5, 5.41) is 6.20. The van der Waals surface area contributed by atoms with Crippen molar-refractivity contribution in [2.24, 2.45) is 0 Å². The molecule has 110 valence electrons. The second kappa shape index (κ2) is 6.68. The minimum atomic E-state index is -0.168. The van der Waals surface area contributed by atoms with E-state index < -0.39 is 0 Å². The van der Waals surface area contributed by atoms with E-state index in [9.17, 15) is 4.79 Å². The molecule has 1 N–H and O–H groups in total. The number of aromatic nitrogens is 2. The first kappa shape index (κ1) is 14.7. The van der Waals surface area contributed by atoms with Crippen LogP contribution in [0.1, 0.15) is 16.1 Å². The summed E-state index contributed by atoms with van der Waals surface area (Å²) in [6.45, 7) is 0.377. The van der Waals surface area contributed by atoms with E-state index in [1.807, 2.05) is 17.5 Å². The van der Waals surface area contributed by atoms with Crippen LogP contribution in [0.5, 0.6) is 0 Å². The highest BCUT2D eigenvalue weighted by atomic mass is 35.5. The summed E-state index contributed by atoms with van der Waals surface area (Å²) >= 11 is 7.41. The van der Waals surface area contributed by atoms with Crippen molar-refractivity contribution in [1.29, 1.82) is 0 Å². The van der Waals surface area contributed by atoms with Crippen molar-refractivity contribution in [3.63, 3.8) is 0 Å². The van der Waals surface area contributed by atoms with E-state index in [4.69, 9.17) is 11.6 Å². The van der Waals surface area contributed by atoms with Gasteiger partial charge in [0.1, 0.15) is 5.01 Å². The number of amides is 1. The predicted molar refractivity (Wildman–Crippen MR) is 88.0 cm³/mol. The van der Waals surface area contributed by atoms with Gasteiger partial charge in [0.05, 0.1) is 12.2 Å². The topological polar surface area (TPSA) is 54.9 Å². The molecule has 0 saturated carbocycles. The molecule has 6 heteroatoms. The molecule has 0 aliphatic heterocycles. The van der Waals surface area contributed by atoms with E-state index in [0.717, 1.165) is 16.3 Å². The van der Waals surface area contributed by atoms with E-state index in [1.54, 1.807) is 36.7 Å². The Bertz CT molecular complexity index is 789. The van der Waals surface area contributed by atoms with Crippen molar-refractivity contribution < 1.29 is 4.79 Å². The van der Waals surface area contributed by atoms with Crippen LogP contribution in [0.2, 0.25) is 5.02 Å². The lowest BCUT2D eigenvalue weighted by Gasteiger charge is -2.03. The molecule has 2 heterocycles. The fraction of sp³-hybridized carbons (Fsp3) is 0.0625. The third kappa shape index (κ3) is 3.50. The summed E-state index contributed by atoms with van der Waals surface area (Å²) < 4.78 is 0. The van der Waals surface area contributed by atoms with Gasteiger partial charge in [-0.2, -0.15) is 0 Å². The normalized spacial score (nSPS) is 10.4.